The van der Waals surface area contributed by atoms with Gasteiger partial charge in [-0.1, -0.05) is 37.6 Å². The lowest BCUT2D eigenvalue weighted by Crippen LogP contribution is -2.24. The van der Waals surface area contributed by atoms with Crippen molar-refractivity contribution in [1.82, 2.24) is 0 Å². The predicted molar refractivity (Wildman–Crippen MR) is 107 cm³/mol. The van der Waals surface area contributed by atoms with E-state index in [1.54, 1.807) is 24.3 Å². The molecule has 5 nitrogen and oxygen atoms in total. The number of anilines is 2. The Morgan fingerprint density at radius 1 is 1.00 bits per heavy atom. The molecular formula is C20H26N2O3S. The molecule has 0 aliphatic rings. The van der Waals surface area contributed by atoms with Crippen LogP contribution in [0.15, 0.2) is 48.5 Å². The summed E-state index contributed by atoms with van der Waals surface area (Å²) in [6, 6.07) is 14.9. The fourth-order valence-electron chi connectivity index (χ4n) is 2.54. The number of carbonyl (C=O) groups excluding carboxylic acids is 1. The van der Waals surface area contributed by atoms with Crippen molar-refractivity contribution >= 4 is 27.3 Å². The van der Waals surface area contributed by atoms with E-state index < -0.39 is 10.0 Å². The Morgan fingerprint density at radius 2 is 1.58 bits per heavy atom. The predicted octanol–water partition coefficient (Wildman–Crippen LogP) is 3.61. The van der Waals surface area contributed by atoms with Gasteiger partial charge in [-0.2, -0.15) is 0 Å². The number of amides is 1. The maximum absolute atomic E-state index is 12.2. The number of benzene rings is 2. The van der Waals surface area contributed by atoms with Crippen molar-refractivity contribution in [2.24, 2.45) is 0 Å². The van der Waals surface area contributed by atoms with Gasteiger partial charge in [0.2, 0.25) is 15.9 Å². The molecule has 0 aliphatic carbocycles. The van der Waals surface area contributed by atoms with Gasteiger partial charge in [0.15, 0.2) is 0 Å². The summed E-state index contributed by atoms with van der Waals surface area (Å²) in [5.41, 5.74) is 3.45. The molecule has 0 radical (unpaired) electrons. The number of nitrogens with zero attached hydrogens (tertiary/aromatic N) is 1. The first kappa shape index (κ1) is 20.0. The van der Waals surface area contributed by atoms with Crippen molar-refractivity contribution in [2.75, 3.05) is 22.9 Å². The first-order valence-electron chi connectivity index (χ1n) is 8.71. The molecule has 6 heteroatoms. The second-order valence-electron chi connectivity index (χ2n) is 6.42. The summed E-state index contributed by atoms with van der Waals surface area (Å²) in [6.07, 6.45) is 4.77. The van der Waals surface area contributed by atoms with Gasteiger partial charge < -0.3 is 5.32 Å². The van der Waals surface area contributed by atoms with Crippen LogP contribution in [0.4, 0.5) is 11.4 Å². The maximum atomic E-state index is 12.2. The van der Waals surface area contributed by atoms with E-state index in [0.717, 1.165) is 36.8 Å². The van der Waals surface area contributed by atoms with Crippen LogP contribution in [0.5, 0.6) is 0 Å². The molecule has 2 aromatic carbocycles. The van der Waals surface area contributed by atoms with Crippen LogP contribution in [0.1, 0.15) is 30.9 Å². The van der Waals surface area contributed by atoms with Crippen LogP contribution in [0.2, 0.25) is 0 Å². The SMILES string of the molecule is CCCCc1ccc(NC(=O)Cc2ccc(N(C)S(C)(=O)=O)cc2)cc1. The number of carbonyl (C=O) groups is 1. The minimum Gasteiger partial charge on any atom is -0.326 e. The number of hydrogen-bond donors (Lipinski definition) is 1. The highest BCUT2D eigenvalue weighted by Crippen LogP contribution is 2.17. The van der Waals surface area contributed by atoms with Crippen LogP contribution in [0.3, 0.4) is 0 Å². The molecule has 0 fully saturated rings. The van der Waals surface area contributed by atoms with E-state index in [1.807, 2.05) is 24.3 Å². The van der Waals surface area contributed by atoms with Crippen molar-refractivity contribution < 1.29 is 13.2 Å². The summed E-state index contributed by atoms with van der Waals surface area (Å²) >= 11 is 0. The van der Waals surface area contributed by atoms with E-state index >= 15 is 0 Å². The highest BCUT2D eigenvalue weighted by Gasteiger charge is 2.12. The molecular weight excluding hydrogens is 348 g/mol. The number of hydrogen-bond acceptors (Lipinski definition) is 3. The van der Waals surface area contributed by atoms with Crippen molar-refractivity contribution in [3.8, 4) is 0 Å². The molecule has 2 rings (SSSR count). The second kappa shape index (κ2) is 8.85. The topological polar surface area (TPSA) is 66.5 Å². The van der Waals surface area contributed by atoms with Gasteiger partial charge in [-0.3, -0.25) is 9.10 Å². The lowest BCUT2D eigenvalue weighted by atomic mass is 10.1. The monoisotopic (exact) mass is 374 g/mol. The maximum Gasteiger partial charge on any atom is 0.231 e. The fraction of sp³-hybridized carbons (Fsp3) is 0.350. The third-order valence-corrected chi connectivity index (χ3v) is 5.42. The molecule has 1 amide bonds. The van der Waals surface area contributed by atoms with Gasteiger partial charge >= 0.3 is 0 Å². The zero-order valence-electron chi connectivity index (χ0n) is 15.5. The smallest absolute Gasteiger partial charge is 0.231 e. The molecule has 0 atom stereocenters. The lowest BCUT2D eigenvalue weighted by molar-refractivity contribution is -0.115. The third kappa shape index (κ3) is 5.88. The van der Waals surface area contributed by atoms with Gasteiger partial charge in [0.1, 0.15) is 0 Å². The largest absolute Gasteiger partial charge is 0.326 e. The Balaban J connectivity index is 1.93. The quantitative estimate of drug-likeness (QED) is 0.768. The van der Waals surface area contributed by atoms with Crippen molar-refractivity contribution in [1.29, 1.82) is 0 Å². The van der Waals surface area contributed by atoms with Gasteiger partial charge in [-0.25, -0.2) is 8.42 Å². The van der Waals surface area contributed by atoms with E-state index in [4.69, 9.17) is 0 Å². The highest BCUT2D eigenvalue weighted by atomic mass is 32.2. The van der Waals surface area contributed by atoms with E-state index in [0.29, 0.717) is 5.69 Å². The van der Waals surface area contributed by atoms with Crippen LogP contribution >= 0.6 is 0 Å². The summed E-state index contributed by atoms with van der Waals surface area (Å²) in [6.45, 7) is 2.17. The van der Waals surface area contributed by atoms with E-state index in [9.17, 15) is 13.2 Å². The van der Waals surface area contributed by atoms with Crippen molar-refractivity contribution in [2.45, 2.75) is 32.6 Å². The van der Waals surface area contributed by atoms with Crippen LogP contribution in [-0.4, -0.2) is 27.6 Å². The van der Waals surface area contributed by atoms with E-state index in [2.05, 4.69) is 12.2 Å². The number of unbranched alkanes of at least 4 members (excludes halogenated alkanes) is 1. The van der Waals surface area contributed by atoms with E-state index in [1.165, 1.54) is 16.9 Å². The minimum absolute atomic E-state index is 0.101. The Labute approximate surface area is 156 Å². The summed E-state index contributed by atoms with van der Waals surface area (Å²) in [5, 5.41) is 2.89. The van der Waals surface area contributed by atoms with Gasteiger partial charge in [-0.05, 0) is 48.2 Å². The van der Waals surface area contributed by atoms with Crippen molar-refractivity contribution in [3.63, 3.8) is 0 Å². The van der Waals surface area contributed by atoms with Gasteiger partial charge in [0, 0.05) is 12.7 Å². The van der Waals surface area contributed by atoms with Crippen LogP contribution in [0.25, 0.3) is 0 Å². The number of sulfonamides is 1. The first-order chi connectivity index (χ1) is 12.3. The molecule has 140 valence electrons. The molecule has 0 heterocycles. The summed E-state index contributed by atoms with van der Waals surface area (Å²) in [7, 11) is -1.79. The Kier molecular flexibility index (Phi) is 6.80. The molecule has 0 spiro atoms. The highest BCUT2D eigenvalue weighted by molar-refractivity contribution is 7.92. The minimum atomic E-state index is -3.29. The Hall–Kier alpha value is -2.34. The summed E-state index contributed by atoms with van der Waals surface area (Å²) in [5.74, 6) is -0.101. The first-order valence-corrected chi connectivity index (χ1v) is 10.6. The molecule has 0 aromatic heterocycles. The second-order valence-corrected chi connectivity index (χ2v) is 8.44. The number of aryl methyl sites for hydroxylation is 1. The van der Waals surface area contributed by atoms with Crippen molar-refractivity contribution in [3.05, 3.63) is 59.7 Å². The molecule has 0 aliphatic heterocycles. The molecule has 0 bridgehead atoms. The zero-order chi connectivity index (χ0) is 19.2. The zero-order valence-corrected chi connectivity index (χ0v) is 16.3. The molecule has 0 saturated carbocycles. The van der Waals surface area contributed by atoms with Crippen LogP contribution in [0, 0.1) is 0 Å². The molecule has 1 N–H and O–H groups in total. The molecule has 0 saturated heterocycles. The number of rotatable bonds is 8. The summed E-state index contributed by atoms with van der Waals surface area (Å²) in [4.78, 5) is 12.2. The fourth-order valence-corrected chi connectivity index (χ4v) is 3.05. The average Bonchev–Trinajstić information content (AvgIpc) is 2.60. The van der Waals surface area contributed by atoms with Crippen LogP contribution in [-0.2, 0) is 27.7 Å². The standard InChI is InChI=1S/C20H26N2O3S/c1-4-5-6-16-7-11-18(12-8-16)21-20(23)15-17-9-13-19(14-10-17)22(2)26(3,24)25/h7-14H,4-6,15H2,1-3H3,(H,21,23). The average molecular weight is 375 g/mol. The molecule has 26 heavy (non-hydrogen) atoms. The van der Waals surface area contributed by atoms with Crippen LogP contribution < -0.4 is 9.62 Å². The Morgan fingerprint density at radius 3 is 2.12 bits per heavy atom. The van der Waals surface area contributed by atoms with Gasteiger partial charge in [0.25, 0.3) is 0 Å². The molecule has 2 aromatic rings. The molecule has 0 unspecified atom stereocenters. The van der Waals surface area contributed by atoms with Gasteiger partial charge in [0.05, 0.1) is 18.4 Å². The third-order valence-electron chi connectivity index (χ3n) is 4.22. The van der Waals surface area contributed by atoms with Gasteiger partial charge in [-0.15, -0.1) is 0 Å². The Bertz CT molecular complexity index is 828. The van der Waals surface area contributed by atoms with E-state index in [-0.39, 0.29) is 12.3 Å². The summed E-state index contributed by atoms with van der Waals surface area (Å²) < 4.78 is 24.3. The normalized spacial score (nSPS) is 11.2. The number of nitrogens with one attached hydrogen (secondary N) is 1. The lowest BCUT2D eigenvalue weighted by Gasteiger charge is -2.16.